The first kappa shape index (κ1) is 16.9. The third-order valence-electron chi connectivity index (χ3n) is 4.03. The Morgan fingerprint density at radius 3 is 2.72 bits per heavy atom. The minimum absolute atomic E-state index is 0.0225. The van der Waals surface area contributed by atoms with Crippen LogP contribution in [0, 0.1) is 10.1 Å². The van der Waals surface area contributed by atoms with Crippen LogP contribution in [0.25, 0.3) is 0 Å². The number of non-ortho nitro benzene ring substituents is 1. The first-order chi connectivity index (χ1) is 11.9. The molecule has 0 aromatic heterocycles. The number of benzene rings is 2. The number of amides is 2. The molecule has 0 bridgehead atoms. The fourth-order valence-electron chi connectivity index (χ4n) is 2.88. The van der Waals surface area contributed by atoms with E-state index >= 15 is 0 Å². The molecule has 2 aromatic carbocycles. The summed E-state index contributed by atoms with van der Waals surface area (Å²) in [4.78, 5) is 36.6. The Labute approximate surface area is 148 Å². The molecule has 2 aromatic rings. The van der Waals surface area contributed by atoms with Crippen molar-refractivity contribution < 1.29 is 14.5 Å². The Bertz CT molecular complexity index is 884. The molecule has 0 saturated carbocycles. The molecule has 1 aliphatic heterocycles. The van der Waals surface area contributed by atoms with E-state index in [-0.39, 0.29) is 22.4 Å². The molecule has 1 N–H and O–H groups in total. The molecule has 7 nitrogen and oxygen atoms in total. The van der Waals surface area contributed by atoms with Gasteiger partial charge in [0.2, 0.25) is 0 Å². The lowest BCUT2D eigenvalue weighted by Gasteiger charge is -2.22. The van der Waals surface area contributed by atoms with Crippen LogP contribution in [0.5, 0.6) is 0 Å². The molecule has 0 spiro atoms. The second-order valence-electron chi connectivity index (χ2n) is 5.73. The van der Waals surface area contributed by atoms with Crippen molar-refractivity contribution in [3.63, 3.8) is 0 Å². The van der Waals surface area contributed by atoms with Crippen molar-refractivity contribution in [2.75, 3.05) is 10.2 Å². The lowest BCUT2D eigenvalue weighted by Crippen LogP contribution is -2.43. The summed E-state index contributed by atoms with van der Waals surface area (Å²) in [6.07, 6.45) is 0.659. The van der Waals surface area contributed by atoms with Crippen LogP contribution >= 0.6 is 11.6 Å². The van der Waals surface area contributed by atoms with Crippen LogP contribution in [-0.2, 0) is 16.0 Å². The molecule has 1 aliphatic rings. The van der Waals surface area contributed by atoms with Gasteiger partial charge in [-0.2, -0.15) is 0 Å². The summed E-state index contributed by atoms with van der Waals surface area (Å²) in [6, 6.07) is 10.9. The van der Waals surface area contributed by atoms with Gasteiger partial charge in [0.15, 0.2) is 0 Å². The van der Waals surface area contributed by atoms with Gasteiger partial charge >= 0.3 is 11.8 Å². The fraction of sp³-hybridized carbons (Fsp3) is 0.176. The highest BCUT2D eigenvalue weighted by Crippen LogP contribution is 2.32. The standard InChI is InChI=1S/C17H14ClN3O4/c1-10-8-11-4-2-3-5-15(11)20(10)17(23)16(22)19-14-9-12(21(24)25)6-7-13(14)18/h2-7,9-10H,8H2,1H3,(H,19,22). The SMILES string of the molecule is CC1Cc2ccccc2N1C(=O)C(=O)Nc1cc([N+](=O)[O-])ccc1Cl. The molecule has 1 unspecified atom stereocenters. The predicted molar refractivity (Wildman–Crippen MR) is 93.8 cm³/mol. The van der Waals surface area contributed by atoms with E-state index in [1.165, 1.54) is 17.0 Å². The quantitative estimate of drug-likeness (QED) is 0.506. The molecule has 128 valence electrons. The van der Waals surface area contributed by atoms with Crippen molar-refractivity contribution in [1.29, 1.82) is 0 Å². The van der Waals surface area contributed by atoms with E-state index < -0.39 is 16.7 Å². The summed E-state index contributed by atoms with van der Waals surface area (Å²) < 4.78 is 0. The van der Waals surface area contributed by atoms with E-state index in [9.17, 15) is 19.7 Å². The van der Waals surface area contributed by atoms with E-state index in [1.54, 1.807) is 12.1 Å². The van der Waals surface area contributed by atoms with Crippen LogP contribution in [-0.4, -0.2) is 22.8 Å². The molecule has 2 amide bonds. The summed E-state index contributed by atoms with van der Waals surface area (Å²) >= 11 is 5.96. The Balaban J connectivity index is 1.84. The average molecular weight is 360 g/mol. The maximum absolute atomic E-state index is 12.6. The number of hydrogen-bond acceptors (Lipinski definition) is 4. The number of carbonyl (C=O) groups excluding carboxylic acids is 2. The second-order valence-corrected chi connectivity index (χ2v) is 6.14. The number of para-hydroxylation sites is 1. The number of carbonyl (C=O) groups is 2. The average Bonchev–Trinajstić information content (AvgIpc) is 2.91. The highest BCUT2D eigenvalue weighted by atomic mass is 35.5. The monoisotopic (exact) mass is 359 g/mol. The van der Waals surface area contributed by atoms with Gasteiger partial charge in [0.25, 0.3) is 5.69 Å². The Kier molecular flexibility index (Phi) is 4.41. The molecular weight excluding hydrogens is 346 g/mol. The number of nitrogens with one attached hydrogen (secondary N) is 1. The zero-order valence-electron chi connectivity index (χ0n) is 13.2. The van der Waals surface area contributed by atoms with E-state index in [2.05, 4.69) is 5.32 Å². The van der Waals surface area contributed by atoms with Crippen molar-refractivity contribution in [3.8, 4) is 0 Å². The number of hydrogen-bond donors (Lipinski definition) is 1. The van der Waals surface area contributed by atoms with Crippen LogP contribution in [0.1, 0.15) is 12.5 Å². The number of fused-ring (bicyclic) bond motifs is 1. The Hall–Kier alpha value is -2.93. The van der Waals surface area contributed by atoms with Crippen LogP contribution in [0.3, 0.4) is 0 Å². The van der Waals surface area contributed by atoms with Crippen molar-refractivity contribution in [3.05, 3.63) is 63.2 Å². The van der Waals surface area contributed by atoms with Gasteiger partial charge < -0.3 is 10.2 Å². The highest BCUT2D eigenvalue weighted by Gasteiger charge is 2.34. The fourth-order valence-corrected chi connectivity index (χ4v) is 3.05. The van der Waals surface area contributed by atoms with Gasteiger partial charge in [0.1, 0.15) is 0 Å². The third kappa shape index (κ3) is 3.18. The minimum Gasteiger partial charge on any atom is -0.316 e. The van der Waals surface area contributed by atoms with Crippen LogP contribution in [0.2, 0.25) is 5.02 Å². The first-order valence-electron chi connectivity index (χ1n) is 7.55. The molecule has 0 aliphatic carbocycles. The summed E-state index contributed by atoms with van der Waals surface area (Å²) in [6.45, 7) is 1.85. The summed E-state index contributed by atoms with van der Waals surface area (Å²) in [5, 5.41) is 13.3. The summed E-state index contributed by atoms with van der Waals surface area (Å²) in [7, 11) is 0. The van der Waals surface area contributed by atoms with Crippen LogP contribution < -0.4 is 10.2 Å². The van der Waals surface area contributed by atoms with Gasteiger partial charge in [-0.15, -0.1) is 0 Å². The van der Waals surface area contributed by atoms with Crippen LogP contribution in [0.4, 0.5) is 17.1 Å². The van der Waals surface area contributed by atoms with Gasteiger partial charge in [-0.1, -0.05) is 29.8 Å². The van der Waals surface area contributed by atoms with Gasteiger partial charge in [-0.3, -0.25) is 19.7 Å². The molecule has 1 heterocycles. The van der Waals surface area contributed by atoms with Crippen LogP contribution in [0.15, 0.2) is 42.5 Å². The Morgan fingerprint density at radius 1 is 1.28 bits per heavy atom. The largest absolute Gasteiger partial charge is 0.316 e. The zero-order chi connectivity index (χ0) is 18.1. The minimum atomic E-state index is -0.897. The van der Waals surface area contributed by atoms with E-state index in [0.717, 1.165) is 11.6 Å². The summed E-state index contributed by atoms with van der Waals surface area (Å²) in [5.74, 6) is -1.63. The second kappa shape index (κ2) is 6.52. The Morgan fingerprint density at radius 2 is 2.00 bits per heavy atom. The van der Waals surface area contributed by atoms with Crippen molar-refractivity contribution >= 4 is 40.5 Å². The number of rotatable bonds is 2. The van der Waals surface area contributed by atoms with E-state index in [4.69, 9.17) is 11.6 Å². The first-order valence-corrected chi connectivity index (χ1v) is 7.92. The lowest BCUT2D eigenvalue weighted by atomic mass is 10.1. The molecule has 0 fully saturated rings. The zero-order valence-corrected chi connectivity index (χ0v) is 14.0. The van der Waals surface area contributed by atoms with Gasteiger partial charge in [-0.25, -0.2) is 0 Å². The van der Waals surface area contributed by atoms with Crippen molar-refractivity contribution in [1.82, 2.24) is 0 Å². The number of nitrogens with zero attached hydrogens (tertiary/aromatic N) is 2. The topological polar surface area (TPSA) is 92.6 Å². The molecule has 0 radical (unpaired) electrons. The predicted octanol–water partition coefficient (Wildman–Crippen LogP) is 3.16. The van der Waals surface area contributed by atoms with Crippen molar-refractivity contribution in [2.24, 2.45) is 0 Å². The molecule has 1 atom stereocenters. The highest BCUT2D eigenvalue weighted by molar-refractivity contribution is 6.45. The van der Waals surface area contributed by atoms with Crippen molar-refractivity contribution in [2.45, 2.75) is 19.4 Å². The lowest BCUT2D eigenvalue weighted by molar-refractivity contribution is -0.384. The molecular formula is C17H14ClN3O4. The van der Waals surface area contributed by atoms with E-state index in [0.29, 0.717) is 12.1 Å². The van der Waals surface area contributed by atoms with Gasteiger partial charge in [0.05, 0.1) is 15.6 Å². The normalized spacial score (nSPS) is 15.6. The number of halogens is 1. The number of nitro benzene ring substituents is 1. The maximum Gasteiger partial charge on any atom is 0.316 e. The molecule has 3 rings (SSSR count). The number of anilines is 2. The molecule has 25 heavy (non-hydrogen) atoms. The molecule has 8 heteroatoms. The number of nitro groups is 1. The van der Waals surface area contributed by atoms with Gasteiger partial charge in [0, 0.05) is 23.9 Å². The smallest absolute Gasteiger partial charge is 0.316 e. The van der Waals surface area contributed by atoms with Gasteiger partial charge in [-0.05, 0) is 31.0 Å². The van der Waals surface area contributed by atoms with E-state index in [1.807, 2.05) is 19.1 Å². The maximum atomic E-state index is 12.6. The summed E-state index contributed by atoms with van der Waals surface area (Å²) in [5.41, 5.74) is 1.48. The molecule has 0 saturated heterocycles. The third-order valence-corrected chi connectivity index (χ3v) is 4.36.